The van der Waals surface area contributed by atoms with Gasteiger partial charge in [-0.15, -0.1) is 0 Å². The maximum atomic E-state index is 13.4. The molecule has 5 rings (SSSR count). The number of carbonyl (C=O) groups is 2. The zero-order valence-electron chi connectivity index (χ0n) is 20.2. The Kier molecular flexibility index (Phi) is 6.54. The molecule has 0 aromatic rings. The van der Waals surface area contributed by atoms with Crippen molar-refractivity contribution in [3.05, 3.63) is 0 Å². The van der Waals surface area contributed by atoms with Crippen molar-refractivity contribution in [2.45, 2.75) is 83.3 Å². The summed E-state index contributed by atoms with van der Waals surface area (Å²) in [5.41, 5.74) is -0.113. The lowest BCUT2D eigenvalue weighted by molar-refractivity contribution is -0.149. The highest BCUT2D eigenvalue weighted by Crippen LogP contribution is 2.47. The van der Waals surface area contributed by atoms with Crippen LogP contribution >= 0.6 is 0 Å². The smallest absolute Gasteiger partial charge is 0.228 e. The Morgan fingerprint density at radius 2 is 1.56 bits per heavy atom. The topological polar surface area (TPSA) is 61.9 Å². The minimum absolute atomic E-state index is 0.00728. The molecule has 0 aromatic heterocycles. The predicted octanol–water partition coefficient (Wildman–Crippen LogP) is 3.06. The second-order valence-electron chi connectivity index (χ2n) is 11.7. The Bertz CT molecular complexity index is 700. The molecule has 2 heterocycles. The van der Waals surface area contributed by atoms with Crippen LogP contribution in [0.1, 0.15) is 71.1 Å². The predicted molar refractivity (Wildman–Crippen MR) is 124 cm³/mol. The molecule has 0 bridgehead atoms. The highest BCUT2D eigenvalue weighted by molar-refractivity contribution is 5.85. The van der Waals surface area contributed by atoms with Crippen LogP contribution in [-0.4, -0.2) is 73.6 Å². The first kappa shape index (κ1) is 22.6. The van der Waals surface area contributed by atoms with Gasteiger partial charge in [-0.05, 0) is 88.5 Å². The third-order valence-electron chi connectivity index (χ3n) is 9.70. The van der Waals surface area contributed by atoms with E-state index in [0.717, 1.165) is 43.6 Å². The van der Waals surface area contributed by atoms with Crippen LogP contribution in [0.25, 0.3) is 0 Å². The van der Waals surface area contributed by atoms with Gasteiger partial charge in [-0.25, -0.2) is 0 Å². The fourth-order valence-corrected chi connectivity index (χ4v) is 7.25. The number of hydrogen-bond acceptors (Lipinski definition) is 4. The number of methoxy groups -OCH3 is 1. The number of hydrogen-bond donors (Lipinski definition) is 1. The van der Waals surface area contributed by atoms with Gasteiger partial charge >= 0.3 is 0 Å². The van der Waals surface area contributed by atoms with Crippen molar-refractivity contribution < 1.29 is 14.3 Å². The van der Waals surface area contributed by atoms with E-state index >= 15 is 0 Å². The van der Waals surface area contributed by atoms with Crippen molar-refractivity contribution in [1.29, 1.82) is 0 Å². The van der Waals surface area contributed by atoms with Crippen molar-refractivity contribution in [2.24, 2.45) is 29.1 Å². The van der Waals surface area contributed by atoms with Crippen molar-refractivity contribution in [2.75, 3.05) is 39.8 Å². The molecule has 180 valence electrons. The van der Waals surface area contributed by atoms with E-state index in [9.17, 15) is 9.59 Å². The van der Waals surface area contributed by atoms with Gasteiger partial charge in [0, 0.05) is 44.7 Å². The van der Waals surface area contributed by atoms with Gasteiger partial charge in [0.2, 0.25) is 11.8 Å². The average molecular weight is 446 g/mol. The van der Waals surface area contributed by atoms with Crippen LogP contribution in [0.3, 0.4) is 0 Å². The van der Waals surface area contributed by atoms with Crippen molar-refractivity contribution in [1.82, 2.24) is 15.1 Å². The molecule has 6 unspecified atom stereocenters. The lowest BCUT2D eigenvalue weighted by Gasteiger charge is -2.46. The van der Waals surface area contributed by atoms with Gasteiger partial charge in [-0.3, -0.25) is 9.59 Å². The van der Waals surface area contributed by atoms with E-state index in [1.807, 2.05) is 9.80 Å². The minimum atomic E-state index is -0.113. The van der Waals surface area contributed by atoms with Crippen LogP contribution in [0.15, 0.2) is 0 Å². The molecule has 3 saturated carbocycles. The molecule has 32 heavy (non-hydrogen) atoms. The fraction of sp³-hybridized carbons (Fsp3) is 0.923. The monoisotopic (exact) mass is 445 g/mol. The number of piperidine rings is 1. The largest absolute Gasteiger partial charge is 0.381 e. The van der Waals surface area contributed by atoms with Gasteiger partial charge in [-0.2, -0.15) is 0 Å². The molecule has 6 nitrogen and oxygen atoms in total. The van der Waals surface area contributed by atoms with E-state index in [-0.39, 0.29) is 23.3 Å². The Balaban J connectivity index is 1.13. The van der Waals surface area contributed by atoms with Gasteiger partial charge < -0.3 is 19.9 Å². The summed E-state index contributed by atoms with van der Waals surface area (Å²) in [4.78, 5) is 30.0. The second kappa shape index (κ2) is 9.25. The molecule has 5 fully saturated rings. The molecular weight excluding hydrogens is 402 g/mol. The number of nitrogens with one attached hydrogen (secondary N) is 1. The van der Waals surface area contributed by atoms with E-state index in [4.69, 9.17) is 4.74 Å². The summed E-state index contributed by atoms with van der Waals surface area (Å²) < 4.78 is 5.93. The summed E-state index contributed by atoms with van der Waals surface area (Å²) in [6, 6.07) is 0.754. The zero-order valence-corrected chi connectivity index (χ0v) is 20.2. The molecule has 2 saturated heterocycles. The standard InChI is InChI=1S/C26H43N3O3/c1-26(9-10-26)25(31)29-14-12-28(13-15-29)24(30)21-7-5-19(17-23(21)32-2)18-6-8-22-20(16-18)4-3-11-27-22/h18-23,27H,3-17H2,1-2H3. The van der Waals surface area contributed by atoms with Gasteiger partial charge in [0.1, 0.15) is 0 Å². The van der Waals surface area contributed by atoms with Gasteiger partial charge in [-0.1, -0.05) is 6.92 Å². The Morgan fingerprint density at radius 1 is 0.875 bits per heavy atom. The molecule has 2 aliphatic heterocycles. The summed E-state index contributed by atoms with van der Waals surface area (Å²) in [5, 5.41) is 3.75. The molecule has 0 aromatic carbocycles. The number of ether oxygens (including phenoxy) is 1. The number of rotatable bonds is 4. The zero-order chi connectivity index (χ0) is 22.3. The third kappa shape index (κ3) is 4.46. The van der Waals surface area contributed by atoms with Crippen LogP contribution in [0.2, 0.25) is 0 Å². The van der Waals surface area contributed by atoms with E-state index in [1.54, 1.807) is 7.11 Å². The third-order valence-corrected chi connectivity index (χ3v) is 9.70. The maximum absolute atomic E-state index is 13.4. The van der Waals surface area contributed by atoms with E-state index in [2.05, 4.69) is 12.2 Å². The minimum Gasteiger partial charge on any atom is -0.381 e. The fourth-order valence-electron chi connectivity index (χ4n) is 7.25. The van der Waals surface area contributed by atoms with Crippen LogP contribution in [0.5, 0.6) is 0 Å². The molecular formula is C26H43N3O3. The molecule has 1 N–H and O–H groups in total. The summed E-state index contributed by atoms with van der Waals surface area (Å²) in [5.74, 6) is 2.93. The number of piperazine rings is 1. The Morgan fingerprint density at radius 3 is 2.28 bits per heavy atom. The molecule has 3 aliphatic carbocycles. The molecule has 0 spiro atoms. The first-order valence-corrected chi connectivity index (χ1v) is 13.3. The van der Waals surface area contributed by atoms with Crippen LogP contribution in [0, 0.1) is 29.1 Å². The van der Waals surface area contributed by atoms with Crippen molar-refractivity contribution in [3.8, 4) is 0 Å². The number of carbonyl (C=O) groups excluding carboxylic acids is 2. The lowest BCUT2D eigenvalue weighted by Crippen LogP contribution is -2.55. The summed E-state index contributed by atoms with van der Waals surface area (Å²) >= 11 is 0. The molecule has 0 radical (unpaired) electrons. The second-order valence-corrected chi connectivity index (χ2v) is 11.7. The van der Waals surface area contributed by atoms with Crippen molar-refractivity contribution >= 4 is 11.8 Å². The van der Waals surface area contributed by atoms with Gasteiger partial charge in [0.05, 0.1) is 12.0 Å². The van der Waals surface area contributed by atoms with E-state index < -0.39 is 0 Å². The Hall–Kier alpha value is -1.14. The molecule has 2 amide bonds. The van der Waals surface area contributed by atoms with E-state index in [0.29, 0.717) is 38.0 Å². The van der Waals surface area contributed by atoms with Crippen molar-refractivity contribution in [3.63, 3.8) is 0 Å². The summed E-state index contributed by atoms with van der Waals surface area (Å²) in [6.45, 7) is 6.00. The van der Waals surface area contributed by atoms with Gasteiger partial charge in [0.25, 0.3) is 0 Å². The maximum Gasteiger partial charge on any atom is 0.228 e. The number of nitrogens with zero attached hydrogens (tertiary/aromatic N) is 2. The number of amides is 2. The summed E-state index contributed by atoms with van der Waals surface area (Å²) in [6.07, 6.45) is 12.0. The van der Waals surface area contributed by atoms with Gasteiger partial charge in [0.15, 0.2) is 0 Å². The summed E-state index contributed by atoms with van der Waals surface area (Å²) in [7, 11) is 1.79. The number of fused-ring (bicyclic) bond motifs is 1. The highest BCUT2D eigenvalue weighted by Gasteiger charge is 2.48. The SMILES string of the molecule is COC1CC(C2CCC3NCCCC3C2)CCC1C(=O)N1CCN(C(=O)C2(C)CC2)CC1. The van der Waals surface area contributed by atoms with Crippen LogP contribution in [0.4, 0.5) is 0 Å². The van der Waals surface area contributed by atoms with Crippen LogP contribution < -0.4 is 5.32 Å². The highest BCUT2D eigenvalue weighted by atomic mass is 16.5. The first-order chi connectivity index (χ1) is 15.5. The van der Waals surface area contributed by atoms with Crippen LogP contribution in [-0.2, 0) is 14.3 Å². The lowest BCUT2D eigenvalue weighted by atomic mass is 9.65. The molecule has 5 aliphatic rings. The normalized spacial score (nSPS) is 39.3. The Labute approximate surface area is 193 Å². The molecule has 6 heteroatoms. The molecule has 6 atom stereocenters. The first-order valence-electron chi connectivity index (χ1n) is 13.3. The van der Waals surface area contributed by atoms with E-state index in [1.165, 1.54) is 45.1 Å². The average Bonchev–Trinajstić information content (AvgIpc) is 3.61. The quantitative estimate of drug-likeness (QED) is 0.723.